The lowest BCUT2D eigenvalue weighted by Gasteiger charge is -2.34. The van der Waals surface area contributed by atoms with Crippen LogP contribution >= 0.6 is 0 Å². The van der Waals surface area contributed by atoms with E-state index < -0.39 is 0 Å². The predicted octanol–water partition coefficient (Wildman–Crippen LogP) is 1.98. The predicted molar refractivity (Wildman–Crippen MR) is 45.1 cm³/mol. The summed E-state index contributed by atoms with van der Waals surface area (Å²) < 4.78 is 0. The monoisotopic (exact) mass is 141 g/mol. The van der Waals surface area contributed by atoms with Gasteiger partial charge in [0.2, 0.25) is 0 Å². The molecule has 0 aromatic rings. The van der Waals surface area contributed by atoms with Crippen molar-refractivity contribution in [2.24, 2.45) is 11.8 Å². The van der Waals surface area contributed by atoms with E-state index >= 15 is 0 Å². The molecule has 0 amide bonds. The molecule has 0 saturated carbocycles. The van der Waals surface area contributed by atoms with Crippen molar-refractivity contribution in [1.82, 2.24) is 4.90 Å². The molecule has 0 aliphatic carbocycles. The Morgan fingerprint density at radius 3 is 2.50 bits per heavy atom. The smallest absolute Gasteiger partial charge is 0.000946 e. The van der Waals surface area contributed by atoms with Crippen LogP contribution in [0.3, 0.4) is 0 Å². The molecule has 0 N–H and O–H groups in total. The van der Waals surface area contributed by atoms with Crippen LogP contribution in [0.4, 0.5) is 0 Å². The topological polar surface area (TPSA) is 3.24 Å². The molecule has 0 spiro atoms. The first-order chi connectivity index (χ1) is 4.74. The van der Waals surface area contributed by atoms with E-state index in [9.17, 15) is 0 Å². The van der Waals surface area contributed by atoms with Gasteiger partial charge in [-0.2, -0.15) is 0 Å². The van der Waals surface area contributed by atoms with Crippen LogP contribution in [0.1, 0.15) is 27.2 Å². The highest BCUT2D eigenvalue weighted by atomic mass is 15.1. The summed E-state index contributed by atoms with van der Waals surface area (Å²) in [5.74, 6) is 1.86. The van der Waals surface area contributed by atoms with Crippen LogP contribution in [-0.2, 0) is 0 Å². The zero-order chi connectivity index (χ0) is 7.56. The lowest BCUT2D eigenvalue weighted by atomic mass is 9.89. The maximum atomic E-state index is 2.55. The number of hydrogen-bond donors (Lipinski definition) is 0. The van der Waals surface area contributed by atoms with Crippen LogP contribution in [0.5, 0.6) is 0 Å². The van der Waals surface area contributed by atoms with Crippen molar-refractivity contribution >= 4 is 0 Å². The summed E-state index contributed by atoms with van der Waals surface area (Å²) in [6, 6.07) is 0. The second kappa shape index (κ2) is 3.38. The fourth-order valence-electron chi connectivity index (χ4n) is 1.64. The van der Waals surface area contributed by atoms with Crippen LogP contribution in [0.25, 0.3) is 0 Å². The highest BCUT2D eigenvalue weighted by Gasteiger charge is 2.20. The van der Waals surface area contributed by atoms with Gasteiger partial charge in [-0.15, -0.1) is 0 Å². The summed E-state index contributed by atoms with van der Waals surface area (Å²) in [6.07, 6.45) is 1.40. The van der Waals surface area contributed by atoms with Crippen LogP contribution in [0.2, 0.25) is 0 Å². The van der Waals surface area contributed by atoms with E-state index in [1.54, 1.807) is 0 Å². The quantitative estimate of drug-likeness (QED) is 0.540. The SMILES string of the molecule is CCN1CC[C@H](C)[C@@H](C)C1. The molecule has 10 heavy (non-hydrogen) atoms. The average Bonchev–Trinajstić information content (AvgIpc) is 1.95. The Bertz CT molecular complexity index is 101. The zero-order valence-corrected chi connectivity index (χ0v) is 7.43. The maximum absolute atomic E-state index is 2.55. The standard InChI is InChI=1S/C9H19N/c1-4-10-6-5-8(2)9(3)7-10/h8-9H,4-7H2,1-3H3/t8-,9-/m0/s1. The first kappa shape index (κ1) is 8.06. The van der Waals surface area contributed by atoms with Crippen molar-refractivity contribution < 1.29 is 0 Å². The maximum Gasteiger partial charge on any atom is 0.000946 e. The Labute approximate surface area is 64.4 Å². The van der Waals surface area contributed by atoms with Crippen molar-refractivity contribution in [3.8, 4) is 0 Å². The highest BCUT2D eigenvalue weighted by molar-refractivity contribution is 4.73. The first-order valence-electron chi connectivity index (χ1n) is 4.46. The van der Waals surface area contributed by atoms with E-state index in [0.29, 0.717) is 0 Å². The van der Waals surface area contributed by atoms with Gasteiger partial charge in [-0.25, -0.2) is 0 Å². The third-order valence-electron chi connectivity index (χ3n) is 2.87. The second-order valence-electron chi connectivity index (χ2n) is 3.64. The molecule has 1 heteroatoms. The average molecular weight is 141 g/mol. The first-order valence-corrected chi connectivity index (χ1v) is 4.46. The van der Waals surface area contributed by atoms with Crippen LogP contribution in [0, 0.1) is 11.8 Å². The molecule has 0 unspecified atom stereocenters. The Kier molecular flexibility index (Phi) is 2.72. The minimum atomic E-state index is 0.911. The Hall–Kier alpha value is -0.0400. The molecule has 1 aliphatic rings. The van der Waals surface area contributed by atoms with Gasteiger partial charge in [0.15, 0.2) is 0 Å². The molecule has 0 radical (unpaired) electrons. The third-order valence-corrected chi connectivity index (χ3v) is 2.87. The molecule has 1 heterocycles. The lowest BCUT2D eigenvalue weighted by molar-refractivity contribution is 0.145. The van der Waals surface area contributed by atoms with Crippen LogP contribution in [-0.4, -0.2) is 24.5 Å². The molecule has 1 nitrogen and oxygen atoms in total. The molecule has 1 rings (SSSR count). The van der Waals surface area contributed by atoms with Gasteiger partial charge in [-0.1, -0.05) is 20.8 Å². The van der Waals surface area contributed by atoms with Gasteiger partial charge in [-0.05, 0) is 31.3 Å². The molecule has 1 saturated heterocycles. The van der Waals surface area contributed by atoms with Crippen molar-refractivity contribution in [2.75, 3.05) is 19.6 Å². The Morgan fingerprint density at radius 1 is 1.30 bits per heavy atom. The highest BCUT2D eigenvalue weighted by Crippen LogP contribution is 2.21. The fraction of sp³-hybridized carbons (Fsp3) is 1.00. The van der Waals surface area contributed by atoms with Gasteiger partial charge in [-0.3, -0.25) is 0 Å². The largest absolute Gasteiger partial charge is 0.303 e. The van der Waals surface area contributed by atoms with E-state index in [0.717, 1.165) is 11.8 Å². The molecular formula is C9H19N. The number of likely N-dealkylation sites (tertiary alicyclic amines) is 1. The lowest BCUT2D eigenvalue weighted by Crippen LogP contribution is -2.37. The van der Waals surface area contributed by atoms with Gasteiger partial charge in [0.1, 0.15) is 0 Å². The fourth-order valence-corrected chi connectivity index (χ4v) is 1.64. The molecule has 1 fully saturated rings. The van der Waals surface area contributed by atoms with Gasteiger partial charge in [0, 0.05) is 6.54 Å². The summed E-state index contributed by atoms with van der Waals surface area (Å²) >= 11 is 0. The van der Waals surface area contributed by atoms with Crippen molar-refractivity contribution in [2.45, 2.75) is 27.2 Å². The van der Waals surface area contributed by atoms with E-state index in [1.807, 2.05) is 0 Å². The summed E-state index contributed by atoms with van der Waals surface area (Å²) in [7, 11) is 0. The molecule has 2 atom stereocenters. The van der Waals surface area contributed by atoms with E-state index in [1.165, 1.54) is 26.1 Å². The number of nitrogens with zero attached hydrogens (tertiary/aromatic N) is 1. The van der Waals surface area contributed by atoms with Crippen LogP contribution in [0.15, 0.2) is 0 Å². The molecule has 0 aromatic heterocycles. The summed E-state index contributed by atoms with van der Waals surface area (Å²) in [4.78, 5) is 2.55. The number of piperidine rings is 1. The van der Waals surface area contributed by atoms with E-state index in [-0.39, 0.29) is 0 Å². The van der Waals surface area contributed by atoms with Gasteiger partial charge >= 0.3 is 0 Å². The third kappa shape index (κ3) is 1.72. The van der Waals surface area contributed by atoms with E-state index in [4.69, 9.17) is 0 Å². The number of rotatable bonds is 1. The minimum absolute atomic E-state index is 0.911. The minimum Gasteiger partial charge on any atom is -0.303 e. The van der Waals surface area contributed by atoms with Crippen molar-refractivity contribution in [3.63, 3.8) is 0 Å². The number of hydrogen-bond acceptors (Lipinski definition) is 1. The molecule has 1 aliphatic heterocycles. The summed E-state index contributed by atoms with van der Waals surface area (Å²) in [5.41, 5.74) is 0. The molecular weight excluding hydrogens is 122 g/mol. The summed E-state index contributed by atoms with van der Waals surface area (Å²) in [5, 5.41) is 0. The van der Waals surface area contributed by atoms with Crippen molar-refractivity contribution in [3.05, 3.63) is 0 Å². The molecule has 60 valence electrons. The van der Waals surface area contributed by atoms with Gasteiger partial charge in [0.25, 0.3) is 0 Å². The second-order valence-corrected chi connectivity index (χ2v) is 3.64. The normalized spacial score (nSPS) is 36.3. The van der Waals surface area contributed by atoms with Gasteiger partial charge < -0.3 is 4.90 Å². The Morgan fingerprint density at radius 2 is 2.00 bits per heavy atom. The zero-order valence-electron chi connectivity index (χ0n) is 7.43. The van der Waals surface area contributed by atoms with Gasteiger partial charge in [0.05, 0.1) is 0 Å². The van der Waals surface area contributed by atoms with E-state index in [2.05, 4.69) is 25.7 Å². The molecule has 0 aromatic carbocycles. The van der Waals surface area contributed by atoms with Crippen molar-refractivity contribution in [1.29, 1.82) is 0 Å². The Balaban J connectivity index is 2.33. The van der Waals surface area contributed by atoms with Crippen LogP contribution < -0.4 is 0 Å². The summed E-state index contributed by atoms with van der Waals surface area (Å²) in [6.45, 7) is 10.9. The molecule has 0 bridgehead atoms.